The number of carbonyl (C=O) groups is 1. The molecule has 1 aromatic rings. The van der Waals surface area contributed by atoms with E-state index in [2.05, 4.69) is 15.6 Å². The van der Waals surface area contributed by atoms with Gasteiger partial charge in [0.25, 0.3) is 0 Å². The van der Waals surface area contributed by atoms with Crippen molar-refractivity contribution in [1.82, 2.24) is 15.6 Å². The zero-order valence-corrected chi connectivity index (χ0v) is 9.65. The van der Waals surface area contributed by atoms with Gasteiger partial charge in [-0.2, -0.15) is 0 Å². The van der Waals surface area contributed by atoms with E-state index < -0.39 is 5.60 Å². The molecule has 0 unspecified atom stereocenters. The zero-order chi connectivity index (χ0) is 12.1. The maximum Gasteiger partial charge on any atom is 0.220 e. The molecule has 0 radical (unpaired) electrons. The Morgan fingerprint density at radius 3 is 2.94 bits per heavy atom. The van der Waals surface area contributed by atoms with Gasteiger partial charge in [-0.3, -0.25) is 9.78 Å². The molecule has 3 N–H and O–H groups in total. The first kappa shape index (κ1) is 12.0. The van der Waals surface area contributed by atoms with Crippen LogP contribution in [0.1, 0.15) is 12.1 Å². The first-order chi connectivity index (χ1) is 8.18. The molecule has 0 aromatic carbocycles. The number of amides is 1. The number of carbonyl (C=O) groups excluding carboxylic acids is 1. The molecule has 0 spiro atoms. The third-order valence-corrected chi connectivity index (χ3v) is 2.86. The van der Waals surface area contributed by atoms with Crippen LogP contribution in [0.15, 0.2) is 24.4 Å². The number of pyridine rings is 1. The Balaban J connectivity index is 1.67. The van der Waals surface area contributed by atoms with Gasteiger partial charge in [0, 0.05) is 37.9 Å². The molecule has 1 aliphatic heterocycles. The largest absolute Gasteiger partial charge is 0.385 e. The lowest BCUT2D eigenvalue weighted by molar-refractivity contribution is -0.122. The maximum atomic E-state index is 11.5. The van der Waals surface area contributed by atoms with Crippen LogP contribution in [0.4, 0.5) is 0 Å². The number of aliphatic hydroxyl groups is 1. The Hall–Kier alpha value is -1.46. The van der Waals surface area contributed by atoms with Crippen LogP contribution >= 0.6 is 0 Å². The predicted molar refractivity (Wildman–Crippen MR) is 63.4 cm³/mol. The molecule has 92 valence electrons. The third-order valence-electron chi connectivity index (χ3n) is 2.86. The Labute approximate surface area is 100 Å². The molecular weight excluding hydrogens is 218 g/mol. The van der Waals surface area contributed by atoms with E-state index in [1.54, 1.807) is 6.20 Å². The predicted octanol–water partition coefficient (Wildman–Crippen LogP) is -0.535. The molecule has 1 aromatic heterocycles. The number of rotatable bonds is 5. The molecule has 1 saturated heterocycles. The number of hydrogen-bond donors (Lipinski definition) is 3. The zero-order valence-electron chi connectivity index (χ0n) is 9.65. The minimum absolute atomic E-state index is 0.0454. The van der Waals surface area contributed by atoms with E-state index in [0.29, 0.717) is 32.5 Å². The van der Waals surface area contributed by atoms with Crippen LogP contribution in [-0.2, 0) is 11.2 Å². The molecule has 1 fully saturated rings. The van der Waals surface area contributed by atoms with E-state index in [4.69, 9.17) is 0 Å². The normalized spacial score (nSPS) is 17.2. The van der Waals surface area contributed by atoms with Crippen molar-refractivity contribution in [2.45, 2.75) is 18.4 Å². The highest BCUT2D eigenvalue weighted by Gasteiger charge is 2.34. The Kier molecular flexibility index (Phi) is 3.71. The van der Waals surface area contributed by atoms with Crippen LogP contribution in [0.25, 0.3) is 0 Å². The molecule has 1 amide bonds. The fourth-order valence-corrected chi connectivity index (χ4v) is 1.68. The van der Waals surface area contributed by atoms with E-state index in [-0.39, 0.29) is 5.91 Å². The van der Waals surface area contributed by atoms with Gasteiger partial charge in [-0.1, -0.05) is 6.07 Å². The topological polar surface area (TPSA) is 74.2 Å². The number of hydrogen-bond acceptors (Lipinski definition) is 4. The summed E-state index contributed by atoms with van der Waals surface area (Å²) in [7, 11) is 0. The van der Waals surface area contributed by atoms with Gasteiger partial charge in [-0.25, -0.2) is 0 Å². The second kappa shape index (κ2) is 5.25. The maximum absolute atomic E-state index is 11.5. The van der Waals surface area contributed by atoms with Gasteiger partial charge >= 0.3 is 0 Å². The lowest BCUT2D eigenvalue weighted by Crippen LogP contribution is -2.64. The van der Waals surface area contributed by atoms with Crippen LogP contribution < -0.4 is 10.6 Å². The SMILES string of the molecule is O=C(CCc1ccccn1)NCC1(O)CNC1. The van der Waals surface area contributed by atoms with Gasteiger partial charge < -0.3 is 15.7 Å². The first-order valence-electron chi connectivity index (χ1n) is 5.78. The third kappa shape index (κ3) is 3.51. The second-order valence-electron chi connectivity index (χ2n) is 4.43. The lowest BCUT2D eigenvalue weighted by Gasteiger charge is -2.37. The van der Waals surface area contributed by atoms with Crippen molar-refractivity contribution in [2.24, 2.45) is 0 Å². The fraction of sp³-hybridized carbons (Fsp3) is 0.500. The summed E-state index contributed by atoms with van der Waals surface area (Å²) < 4.78 is 0. The summed E-state index contributed by atoms with van der Waals surface area (Å²) in [6.45, 7) is 1.42. The van der Waals surface area contributed by atoms with E-state index >= 15 is 0 Å². The summed E-state index contributed by atoms with van der Waals surface area (Å²) in [6.07, 6.45) is 2.75. The standard InChI is InChI=1S/C12H17N3O2/c16-11(15-9-12(17)7-13-8-12)5-4-10-3-1-2-6-14-10/h1-3,6,13,17H,4-5,7-9H2,(H,15,16). The van der Waals surface area contributed by atoms with Crippen LogP contribution in [0, 0.1) is 0 Å². The molecule has 0 saturated carbocycles. The minimum Gasteiger partial charge on any atom is -0.385 e. The highest BCUT2D eigenvalue weighted by molar-refractivity contribution is 5.76. The van der Waals surface area contributed by atoms with Crippen molar-refractivity contribution in [2.75, 3.05) is 19.6 Å². The van der Waals surface area contributed by atoms with Gasteiger partial charge in [0.05, 0.1) is 0 Å². The Morgan fingerprint density at radius 1 is 1.53 bits per heavy atom. The fourth-order valence-electron chi connectivity index (χ4n) is 1.68. The molecule has 2 heterocycles. The van der Waals surface area contributed by atoms with Gasteiger partial charge in [-0.05, 0) is 18.6 Å². The number of aryl methyl sites for hydroxylation is 1. The van der Waals surface area contributed by atoms with E-state index in [1.165, 1.54) is 0 Å². The minimum atomic E-state index is -0.749. The quantitative estimate of drug-likeness (QED) is 0.641. The molecule has 17 heavy (non-hydrogen) atoms. The van der Waals surface area contributed by atoms with Crippen molar-refractivity contribution >= 4 is 5.91 Å². The highest BCUT2D eigenvalue weighted by atomic mass is 16.3. The van der Waals surface area contributed by atoms with Gasteiger partial charge in [0.1, 0.15) is 5.60 Å². The summed E-state index contributed by atoms with van der Waals surface area (Å²) >= 11 is 0. The molecule has 5 heteroatoms. The average Bonchev–Trinajstić information content (AvgIpc) is 2.33. The average molecular weight is 235 g/mol. The van der Waals surface area contributed by atoms with Crippen LogP contribution in [0.5, 0.6) is 0 Å². The molecule has 0 aliphatic carbocycles. The second-order valence-corrected chi connectivity index (χ2v) is 4.43. The van der Waals surface area contributed by atoms with E-state index in [1.807, 2.05) is 18.2 Å². The molecule has 1 aliphatic rings. The monoisotopic (exact) mass is 235 g/mol. The van der Waals surface area contributed by atoms with Gasteiger partial charge in [0.2, 0.25) is 5.91 Å². The van der Waals surface area contributed by atoms with E-state index in [0.717, 1.165) is 5.69 Å². The summed E-state index contributed by atoms with van der Waals surface area (Å²) in [6, 6.07) is 5.66. The number of nitrogens with zero attached hydrogens (tertiary/aromatic N) is 1. The number of nitrogens with one attached hydrogen (secondary N) is 2. The molecular formula is C12H17N3O2. The highest BCUT2D eigenvalue weighted by Crippen LogP contribution is 2.08. The van der Waals surface area contributed by atoms with Crippen LogP contribution in [0.3, 0.4) is 0 Å². The lowest BCUT2D eigenvalue weighted by atomic mass is 9.97. The first-order valence-corrected chi connectivity index (χ1v) is 5.78. The smallest absolute Gasteiger partial charge is 0.220 e. The Bertz CT molecular complexity index is 377. The summed E-state index contributed by atoms with van der Waals surface area (Å²) in [4.78, 5) is 15.7. The van der Waals surface area contributed by atoms with Crippen molar-refractivity contribution in [3.05, 3.63) is 30.1 Å². The van der Waals surface area contributed by atoms with Gasteiger partial charge in [0.15, 0.2) is 0 Å². The van der Waals surface area contributed by atoms with Crippen LogP contribution in [-0.4, -0.2) is 41.2 Å². The molecule has 0 bridgehead atoms. The number of aromatic nitrogens is 1. The Morgan fingerprint density at radius 2 is 2.35 bits per heavy atom. The summed E-state index contributed by atoms with van der Waals surface area (Å²) in [5.41, 5.74) is 0.160. The number of β-amino-alcohol motifs (C(OH)–C–C–N with tert-alkyl or cyclic N) is 1. The molecule has 2 rings (SSSR count). The van der Waals surface area contributed by atoms with Gasteiger partial charge in [-0.15, -0.1) is 0 Å². The summed E-state index contributed by atoms with van der Waals surface area (Å²) in [5.74, 6) is -0.0454. The van der Waals surface area contributed by atoms with E-state index in [9.17, 15) is 9.90 Å². The van der Waals surface area contributed by atoms with Crippen molar-refractivity contribution in [1.29, 1.82) is 0 Å². The summed E-state index contributed by atoms with van der Waals surface area (Å²) in [5, 5.41) is 15.5. The van der Waals surface area contributed by atoms with Crippen molar-refractivity contribution < 1.29 is 9.90 Å². The molecule has 5 nitrogen and oxygen atoms in total. The van der Waals surface area contributed by atoms with Crippen molar-refractivity contribution in [3.8, 4) is 0 Å². The van der Waals surface area contributed by atoms with Crippen LogP contribution in [0.2, 0.25) is 0 Å². The van der Waals surface area contributed by atoms with Crippen molar-refractivity contribution in [3.63, 3.8) is 0 Å². The molecule has 0 atom stereocenters.